The van der Waals surface area contributed by atoms with Crippen molar-refractivity contribution in [3.05, 3.63) is 28.0 Å². The Kier molecular flexibility index (Phi) is 4.69. The van der Waals surface area contributed by atoms with Gasteiger partial charge in [0.05, 0.1) is 5.56 Å². The van der Waals surface area contributed by atoms with Crippen LogP contribution in [0.1, 0.15) is 36.5 Å². The topological polar surface area (TPSA) is 83.5 Å². The van der Waals surface area contributed by atoms with Crippen LogP contribution < -0.4 is 4.72 Å². The molecule has 0 bridgehead atoms. The van der Waals surface area contributed by atoms with Gasteiger partial charge in [0.25, 0.3) is 0 Å². The first-order valence-corrected chi connectivity index (χ1v) is 8.78. The van der Waals surface area contributed by atoms with Crippen LogP contribution in [0, 0.1) is 11.7 Å². The lowest BCUT2D eigenvalue weighted by Crippen LogP contribution is -2.28. The van der Waals surface area contributed by atoms with Gasteiger partial charge in [0.1, 0.15) is 4.90 Å². The fraction of sp³-hybridized carbons (Fsp3) is 0.462. The number of benzene rings is 1. The Bertz CT molecular complexity index is 677. The van der Waals surface area contributed by atoms with E-state index in [4.69, 9.17) is 5.11 Å². The van der Waals surface area contributed by atoms with Crippen molar-refractivity contribution >= 4 is 31.9 Å². The van der Waals surface area contributed by atoms with E-state index in [0.29, 0.717) is 0 Å². The van der Waals surface area contributed by atoms with Crippen molar-refractivity contribution in [3.63, 3.8) is 0 Å². The number of halogens is 2. The molecule has 0 spiro atoms. The second-order valence-corrected chi connectivity index (χ2v) is 7.68. The van der Waals surface area contributed by atoms with Crippen molar-refractivity contribution in [3.8, 4) is 0 Å². The summed E-state index contributed by atoms with van der Waals surface area (Å²) in [7, 11) is -4.08. The van der Waals surface area contributed by atoms with Gasteiger partial charge in [0.15, 0.2) is 5.82 Å². The van der Waals surface area contributed by atoms with Crippen molar-refractivity contribution in [2.75, 3.05) is 0 Å². The second kappa shape index (κ2) is 6.02. The smallest absolute Gasteiger partial charge is 0.338 e. The molecule has 0 heterocycles. The summed E-state index contributed by atoms with van der Waals surface area (Å²) in [5.74, 6) is -2.48. The summed E-state index contributed by atoms with van der Waals surface area (Å²) in [5, 5.41) is 8.91. The summed E-state index contributed by atoms with van der Waals surface area (Å²) in [4.78, 5) is 10.3. The second-order valence-electron chi connectivity index (χ2n) is 5.08. The predicted octanol–water partition coefficient (Wildman–Crippen LogP) is 2.75. The van der Waals surface area contributed by atoms with Crippen LogP contribution in [0.25, 0.3) is 0 Å². The lowest BCUT2D eigenvalue weighted by atomic mass is 10.2. The van der Waals surface area contributed by atoms with Crippen LogP contribution in [-0.4, -0.2) is 25.5 Å². The Morgan fingerprint density at radius 3 is 2.76 bits per heavy atom. The Hall–Kier alpha value is -0.990. The number of nitrogens with one attached hydrogen (secondary N) is 1. The highest BCUT2D eigenvalue weighted by Gasteiger charge is 2.40. The summed E-state index contributed by atoms with van der Waals surface area (Å²) in [6.45, 7) is 2.01. The quantitative estimate of drug-likeness (QED) is 0.795. The lowest BCUT2D eigenvalue weighted by molar-refractivity contribution is 0.0691. The Labute approximate surface area is 130 Å². The molecule has 1 saturated carbocycles. The molecule has 1 fully saturated rings. The molecular weight excluding hydrogens is 365 g/mol. The first-order chi connectivity index (χ1) is 9.76. The first-order valence-electron chi connectivity index (χ1n) is 6.51. The molecule has 2 rings (SSSR count). The zero-order valence-electron chi connectivity index (χ0n) is 11.3. The number of sulfonamides is 1. The van der Waals surface area contributed by atoms with E-state index in [1.165, 1.54) is 0 Å². The van der Waals surface area contributed by atoms with Gasteiger partial charge in [-0.15, -0.1) is 0 Å². The summed E-state index contributed by atoms with van der Waals surface area (Å²) in [5.41, 5.74) is -0.675. The van der Waals surface area contributed by atoms with E-state index < -0.39 is 32.3 Å². The molecule has 21 heavy (non-hydrogen) atoms. The molecule has 2 N–H and O–H groups in total. The highest BCUT2D eigenvalue weighted by Crippen LogP contribution is 2.36. The molecule has 1 aliphatic rings. The van der Waals surface area contributed by atoms with Crippen molar-refractivity contribution in [2.45, 2.75) is 37.1 Å². The van der Waals surface area contributed by atoms with Crippen LogP contribution in [0.3, 0.4) is 0 Å². The Morgan fingerprint density at radius 2 is 2.19 bits per heavy atom. The van der Waals surface area contributed by atoms with Crippen LogP contribution in [0.2, 0.25) is 0 Å². The third-order valence-corrected chi connectivity index (χ3v) is 5.36. The number of carboxylic acids is 1. The minimum absolute atomic E-state index is 0.193. The molecule has 0 aliphatic heterocycles. The maximum atomic E-state index is 14.1. The van der Waals surface area contributed by atoms with E-state index in [1.807, 2.05) is 6.92 Å². The van der Waals surface area contributed by atoms with Crippen molar-refractivity contribution in [1.82, 2.24) is 4.72 Å². The molecule has 1 aromatic carbocycles. The van der Waals surface area contributed by atoms with Crippen LogP contribution in [0.5, 0.6) is 0 Å². The molecule has 8 heteroatoms. The lowest BCUT2D eigenvalue weighted by Gasteiger charge is -2.10. The average molecular weight is 380 g/mol. The van der Waals surface area contributed by atoms with Gasteiger partial charge in [0.2, 0.25) is 10.0 Å². The minimum Gasteiger partial charge on any atom is -0.478 e. The number of carboxylic acid groups (broad SMARTS) is 1. The standard InChI is InChI=1S/C13H15BrFNO4S/c1-2-3-7-4-10(7)16-21(19,20)11-6-8(14)5-9(12(11)15)13(17)18/h5-7,10,16H,2-4H2,1H3,(H,17,18). The number of carbonyl (C=O) groups is 1. The van der Waals surface area contributed by atoms with Gasteiger partial charge in [-0.2, -0.15) is 0 Å². The molecule has 116 valence electrons. The maximum absolute atomic E-state index is 14.1. The van der Waals surface area contributed by atoms with Crippen molar-refractivity contribution in [2.24, 2.45) is 5.92 Å². The van der Waals surface area contributed by atoms with Gasteiger partial charge in [-0.05, 0) is 30.9 Å². The molecule has 0 saturated heterocycles. The zero-order chi connectivity index (χ0) is 15.8. The molecule has 0 aromatic heterocycles. The van der Waals surface area contributed by atoms with Crippen molar-refractivity contribution < 1.29 is 22.7 Å². The normalized spacial score (nSPS) is 21.3. The monoisotopic (exact) mass is 379 g/mol. The van der Waals surface area contributed by atoms with Crippen LogP contribution in [-0.2, 0) is 10.0 Å². The summed E-state index contributed by atoms with van der Waals surface area (Å²) < 4.78 is 41.2. The van der Waals surface area contributed by atoms with E-state index in [2.05, 4.69) is 20.7 Å². The molecule has 0 amide bonds. The third-order valence-electron chi connectivity index (χ3n) is 3.41. The van der Waals surface area contributed by atoms with E-state index in [1.54, 1.807) is 0 Å². The van der Waals surface area contributed by atoms with E-state index in [9.17, 15) is 17.6 Å². The Balaban J connectivity index is 2.30. The molecule has 0 radical (unpaired) electrons. The van der Waals surface area contributed by atoms with Gasteiger partial charge < -0.3 is 5.11 Å². The number of rotatable bonds is 6. The van der Waals surface area contributed by atoms with Gasteiger partial charge in [-0.25, -0.2) is 22.3 Å². The van der Waals surface area contributed by atoms with Gasteiger partial charge >= 0.3 is 5.97 Å². The van der Waals surface area contributed by atoms with E-state index in [0.717, 1.165) is 31.4 Å². The van der Waals surface area contributed by atoms with Crippen LogP contribution in [0.15, 0.2) is 21.5 Å². The first kappa shape index (κ1) is 16.4. The van der Waals surface area contributed by atoms with Crippen LogP contribution in [0.4, 0.5) is 4.39 Å². The van der Waals surface area contributed by atoms with Gasteiger partial charge in [0, 0.05) is 10.5 Å². The zero-order valence-corrected chi connectivity index (χ0v) is 13.7. The van der Waals surface area contributed by atoms with Gasteiger partial charge in [-0.1, -0.05) is 29.3 Å². The van der Waals surface area contributed by atoms with E-state index in [-0.39, 0.29) is 16.4 Å². The maximum Gasteiger partial charge on any atom is 0.338 e. The highest BCUT2D eigenvalue weighted by molar-refractivity contribution is 9.10. The fourth-order valence-electron chi connectivity index (χ4n) is 2.26. The van der Waals surface area contributed by atoms with Crippen molar-refractivity contribution in [1.29, 1.82) is 0 Å². The summed E-state index contributed by atoms with van der Waals surface area (Å²) in [6, 6.07) is 1.91. The van der Waals surface area contributed by atoms with Gasteiger partial charge in [-0.3, -0.25) is 0 Å². The number of hydrogen-bond acceptors (Lipinski definition) is 3. The Morgan fingerprint density at radius 1 is 1.52 bits per heavy atom. The molecule has 2 atom stereocenters. The number of aromatic carboxylic acids is 1. The third kappa shape index (κ3) is 3.61. The predicted molar refractivity (Wildman–Crippen MR) is 78.2 cm³/mol. The molecule has 2 unspecified atom stereocenters. The largest absolute Gasteiger partial charge is 0.478 e. The van der Waals surface area contributed by atoms with Crippen LogP contribution >= 0.6 is 15.9 Å². The summed E-state index contributed by atoms with van der Waals surface area (Å²) in [6.07, 6.45) is 2.60. The fourth-order valence-corrected chi connectivity index (χ4v) is 4.31. The number of hydrogen-bond donors (Lipinski definition) is 2. The molecule has 1 aliphatic carbocycles. The molecular formula is C13H15BrFNO4S. The minimum atomic E-state index is -4.08. The van der Waals surface area contributed by atoms with E-state index >= 15 is 0 Å². The molecule has 5 nitrogen and oxygen atoms in total. The average Bonchev–Trinajstić information content (AvgIpc) is 3.08. The summed E-state index contributed by atoms with van der Waals surface area (Å²) >= 11 is 3.00. The SMILES string of the molecule is CCCC1CC1NS(=O)(=O)c1cc(Br)cc(C(=O)O)c1F. The highest BCUT2D eigenvalue weighted by atomic mass is 79.9. The molecule has 1 aromatic rings.